The maximum absolute atomic E-state index is 5.35. The molecule has 9 rings (SSSR count). The third-order valence-electron chi connectivity index (χ3n) is 8.27. The molecule has 43 heavy (non-hydrogen) atoms. The maximum Gasteiger partial charge on any atom is 0.182 e. The summed E-state index contributed by atoms with van der Waals surface area (Å²) in [5, 5.41) is 2.31. The number of aromatic nitrogens is 4. The third-order valence-corrected chi connectivity index (χ3v) is 8.27. The zero-order chi connectivity index (χ0) is 28.3. The highest BCUT2D eigenvalue weighted by atomic mass is 15.1. The van der Waals surface area contributed by atoms with Crippen LogP contribution in [0.1, 0.15) is 0 Å². The normalized spacial score (nSPS) is 11.7. The van der Waals surface area contributed by atoms with Gasteiger partial charge in [0.25, 0.3) is 0 Å². The Morgan fingerprint density at radius 2 is 0.837 bits per heavy atom. The van der Waals surface area contributed by atoms with E-state index < -0.39 is 0 Å². The van der Waals surface area contributed by atoms with Crippen molar-refractivity contribution in [3.63, 3.8) is 0 Å². The SMILES string of the molecule is c1ccc(N(c2ccccc2)c2ccc3c(c2)nc2c4nc5ccccc5n4c4ccccc4c4ccccc4n32)cc1. The van der Waals surface area contributed by atoms with Crippen molar-refractivity contribution in [2.75, 3.05) is 4.90 Å². The average Bonchev–Trinajstić information content (AvgIpc) is 3.63. The second kappa shape index (κ2) is 9.29. The first kappa shape index (κ1) is 23.7. The molecule has 5 heteroatoms. The molecule has 0 aliphatic heterocycles. The first-order valence-corrected chi connectivity index (χ1v) is 14.4. The summed E-state index contributed by atoms with van der Waals surface area (Å²) in [5.41, 5.74) is 11.0. The number of hydrogen-bond donors (Lipinski definition) is 0. The Hall–Kier alpha value is -5.94. The molecule has 0 aliphatic rings. The molecule has 0 fully saturated rings. The van der Waals surface area contributed by atoms with Gasteiger partial charge in [-0.2, -0.15) is 0 Å². The molecule has 0 saturated carbocycles. The van der Waals surface area contributed by atoms with Crippen molar-refractivity contribution >= 4 is 72.2 Å². The van der Waals surface area contributed by atoms with Crippen LogP contribution in [0.2, 0.25) is 0 Å². The molecule has 3 heterocycles. The number of hydrogen-bond acceptors (Lipinski definition) is 3. The zero-order valence-electron chi connectivity index (χ0n) is 23.2. The molecule has 5 nitrogen and oxygen atoms in total. The summed E-state index contributed by atoms with van der Waals surface area (Å²) in [7, 11) is 0. The first-order chi connectivity index (χ1) is 21.3. The number of nitrogens with zero attached hydrogens (tertiary/aromatic N) is 5. The van der Waals surface area contributed by atoms with E-state index in [2.05, 4.69) is 147 Å². The molecule has 0 spiro atoms. The fraction of sp³-hybridized carbons (Fsp3) is 0. The Balaban J connectivity index is 1.46. The van der Waals surface area contributed by atoms with Crippen LogP contribution in [-0.4, -0.2) is 18.8 Å². The number of rotatable bonds is 3. The second-order valence-corrected chi connectivity index (χ2v) is 10.7. The molecule has 0 aliphatic carbocycles. The molecule has 0 atom stereocenters. The van der Waals surface area contributed by atoms with E-state index in [1.165, 1.54) is 0 Å². The van der Waals surface area contributed by atoms with Crippen LogP contribution < -0.4 is 4.90 Å². The van der Waals surface area contributed by atoms with E-state index in [1.54, 1.807) is 0 Å². The van der Waals surface area contributed by atoms with E-state index in [4.69, 9.17) is 9.97 Å². The molecule has 0 amide bonds. The number of imidazole rings is 2. The Labute approximate surface area is 247 Å². The largest absolute Gasteiger partial charge is 0.310 e. The highest BCUT2D eigenvalue weighted by Gasteiger charge is 2.18. The number of benzene rings is 6. The zero-order valence-corrected chi connectivity index (χ0v) is 23.2. The minimum atomic E-state index is 0.816. The summed E-state index contributed by atoms with van der Waals surface area (Å²) in [6.45, 7) is 0. The Morgan fingerprint density at radius 3 is 1.44 bits per heavy atom. The molecule has 9 aromatic rings. The van der Waals surface area contributed by atoms with E-state index in [0.717, 1.165) is 72.2 Å². The van der Waals surface area contributed by atoms with E-state index in [1.807, 2.05) is 18.2 Å². The van der Waals surface area contributed by atoms with Crippen molar-refractivity contribution in [3.8, 4) is 0 Å². The van der Waals surface area contributed by atoms with Gasteiger partial charge >= 0.3 is 0 Å². The van der Waals surface area contributed by atoms with Gasteiger partial charge in [0.1, 0.15) is 0 Å². The van der Waals surface area contributed by atoms with Crippen molar-refractivity contribution in [3.05, 3.63) is 152 Å². The van der Waals surface area contributed by atoms with Gasteiger partial charge in [-0.3, -0.25) is 8.80 Å². The average molecular weight is 552 g/mol. The lowest BCUT2D eigenvalue weighted by Gasteiger charge is -2.25. The Morgan fingerprint density at radius 1 is 0.372 bits per heavy atom. The lowest BCUT2D eigenvalue weighted by Crippen LogP contribution is -2.09. The van der Waals surface area contributed by atoms with Crippen molar-refractivity contribution in [1.29, 1.82) is 0 Å². The van der Waals surface area contributed by atoms with Gasteiger partial charge in [-0.15, -0.1) is 0 Å². The fourth-order valence-corrected chi connectivity index (χ4v) is 6.42. The summed E-state index contributed by atoms with van der Waals surface area (Å²) < 4.78 is 4.54. The standard InChI is InChI=1S/C38H25N5/c1-3-13-26(14-4-1)41(27-15-5-2-6-16-27)28-23-24-36-32(25-28)40-38-37-39-31-19-9-12-22-35(31)42(37)33-20-10-7-17-29(33)30-18-8-11-21-34(30)43(36)38/h1-25H. The Kier molecular flexibility index (Phi) is 5.13. The van der Waals surface area contributed by atoms with Crippen LogP contribution in [0.15, 0.2) is 152 Å². The molecular formula is C38H25N5. The van der Waals surface area contributed by atoms with Gasteiger partial charge in [0, 0.05) is 27.8 Å². The van der Waals surface area contributed by atoms with Gasteiger partial charge in [0.2, 0.25) is 0 Å². The molecule has 6 aromatic carbocycles. The molecule has 0 N–H and O–H groups in total. The third kappa shape index (κ3) is 3.58. The molecule has 0 bridgehead atoms. The minimum absolute atomic E-state index is 0.816. The topological polar surface area (TPSA) is 37.8 Å². The van der Waals surface area contributed by atoms with Crippen LogP contribution in [0.4, 0.5) is 17.1 Å². The lowest BCUT2D eigenvalue weighted by molar-refractivity contribution is 1.24. The van der Waals surface area contributed by atoms with Crippen molar-refractivity contribution in [2.45, 2.75) is 0 Å². The highest BCUT2D eigenvalue weighted by molar-refractivity contribution is 6.08. The van der Waals surface area contributed by atoms with E-state index in [9.17, 15) is 0 Å². The van der Waals surface area contributed by atoms with Crippen LogP contribution in [0, 0.1) is 0 Å². The molecule has 0 radical (unpaired) electrons. The van der Waals surface area contributed by atoms with Gasteiger partial charge in [-0.25, -0.2) is 9.97 Å². The van der Waals surface area contributed by atoms with Crippen molar-refractivity contribution in [1.82, 2.24) is 18.8 Å². The molecular weight excluding hydrogens is 526 g/mol. The quantitative estimate of drug-likeness (QED) is 0.219. The summed E-state index contributed by atoms with van der Waals surface area (Å²) in [4.78, 5) is 12.8. The smallest absolute Gasteiger partial charge is 0.182 e. The van der Waals surface area contributed by atoms with E-state index in [0.29, 0.717) is 0 Å². The van der Waals surface area contributed by atoms with Gasteiger partial charge in [0.15, 0.2) is 11.3 Å². The van der Waals surface area contributed by atoms with Gasteiger partial charge < -0.3 is 4.90 Å². The van der Waals surface area contributed by atoms with Crippen molar-refractivity contribution < 1.29 is 0 Å². The van der Waals surface area contributed by atoms with Crippen LogP contribution in [-0.2, 0) is 0 Å². The van der Waals surface area contributed by atoms with Gasteiger partial charge in [-0.1, -0.05) is 84.9 Å². The monoisotopic (exact) mass is 551 g/mol. The maximum atomic E-state index is 5.35. The van der Waals surface area contributed by atoms with Crippen LogP contribution in [0.5, 0.6) is 0 Å². The van der Waals surface area contributed by atoms with Crippen molar-refractivity contribution in [2.24, 2.45) is 0 Å². The molecule has 3 aromatic heterocycles. The predicted octanol–water partition coefficient (Wildman–Crippen LogP) is 9.63. The lowest BCUT2D eigenvalue weighted by atomic mass is 10.1. The summed E-state index contributed by atoms with van der Waals surface area (Å²) in [6.07, 6.45) is 0. The summed E-state index contributed by atoms with van der Waals surface area (Å²) in [6, 6.07) is 53.0. The summed E-state index contributed by atoms with van der Waals surface area (Å²) in [5.74, 6) is 0. The van der Waals surface area contributed by atoms with Crippen LogP contribution in [0.25, 0.3) is 55.2 Å². The van der Waals surface area contributed by atoms with E-state index in [-0.39, 0.29) is 0 Å². The Bertz CT molecular complexity index is 2470. The van der Waals surface area contributed by atoms with Gasteiger partial charge in [0.05, 0.1) is 33.1 Å². The van der Waals surface area contributed by atoms with Crippen LogP contribution in [0.3, 0.4) is 0 Å². The molecule has 0 saturated heterocycles. The van der Waals surface area contributed by atoms with Crippen LogP contribution >= 0.6 is 0 Å². The molecule has 0 unspecified atom stereocenters. The number of para-hydroxylation sites is 6. The highest BCUT2D eigenvalue weighted by Crippen LogP contribution is 2.37. The number of anilines is 3. The predicted molar refractivity (Wildman–Crippen MR) is 177 cm³/mol. The van der Waals surface area contributed by atoms with Gasteiger partial charge in [-0.05, 0) is 66.7 Å². The number of fused-ring (bicyclic) bond motifs is 12. The molecule has 202 valence electrons. The second-order valence-electron chi connectivity index (χ2n) is 10.7. The summed E-state index contributed by atoms with van der Waals surface area (Å²) >= 11 is 0. The first-order valence-electron chi connectivity index (χ1n) is 14.4. The minimum Gasteiger partial charge on any atom is -0.310 e. The fourth-order valence-electron chi connectivity index (χ4n) is 6.42. The van der Waals surface area contributed by atoms with E-state index >= 15 is 0 Å².